The zero-order valence-corrected chi connectivity index (χ0v) is 8.53. The van der Waals surface area contributed by atoms with Crippen molar-refractivity contribution in [2.45, 2.75) is 19.4 Å². The fourth-order valence-electron chi connectivity index (χ4n) is 1.16. The molecule has 0 aliphatic heterocycles. The molecule has 5 nitrogen and oxygen atoms in total. The highest BCUT2D eigenvalue weighted by molar-refractivity contribution is 5.92. The Bertz CT molecular complexity index is 308. The minimum atomic E-state index is -0.147. The molecule has 0 bridgehead atoms. The zero-order chi connectivity index (χ0) is 10.6. The van der Waals surface area contributed by atoms with Gasteiger partial charge in [0.1, 0.15) is 5.69 Å². The summed E-state index contributed by atoms with van der Waals surface area (Å²) in [5.41, 5.74) is 5.82. The third kappa shape index (κ3) is 2.85. The Kier molecular flexibility index (Phi) is 3.64. The van der Waals surface area contributed by atoms with Gasteiger partial charge in [-0.05, 0) is 26.0 Å². The Morgan fingerprint density at radius 1 is 1.79 bits per heavy atom. The van der Waals surface area contributed by atoms with Gasteiger partial charge in [-0.15, -0.1) is 0 Å². The second-order valence-corrected chi connectivity index (χ2v) is 3.33. The SMILES string of the molecule is CC(CCN)NC(=O)c1ccn(C)n1. The molecular weight excluding hydrogens is 180 g/mol. The van der Waals surface area contributed by atoms with Gasteiger partial charge >= 0.3 is 0 Å². The number of nitrogens with zero attached hydrogens (tertiary/aromatic N) is 2. The largest absolute Gasteiger partial charge is 0.348 e. The molecule has 5 heteroatoms. The summed E-state index contributed by atoms with van der Waals surface area (Å²) in [6, 6.07) is 1.78. The quantitative estimate of drug-likeness (QED) is 0.705. The molecule has 0 saturated carbocycles. The molecule has 0 fully saturated rings. The standard InChI is InChI=1S/C9H16N4O/c1-7(3-5-10)11-9(14)8-4-6-13(2)12-8/h4,6-7H,3,5,10H2,1-2H3,(H,11,14). The highest BCUT2D eigenvalue weighted by Gasteiger charge is 2.10. The van der Waals surface area contributed by atoms with Gasteiger partial charge in [-0.3, -0.25) is 9.48 Å². The number of hydrogen-bond acceptors (Lipinski definition) is 3. The lowest BCUT2D eigenvalue weighted by Gasteiger charge is -2.10. The topological polar surface area (TPSA) is 72.9 Å². The minimum absolute atomic E-state index is 0.0921. The van der Waals surface area contributed by atoms with Crippen molar-refractivity contribution in [3.8, 4) is 0 Å². The van der Waals surface area contributed by atoms with Crippen molar-refractivity contribution in [1.29, 1.82) is 0 Å². The maximum Gasteiger partial charge on any atom is 0.271 e. The summed E-state index contributed by atoms with van der Waals surface area (Å²) < 4.78 is 1.60. The van der Waals surface area contributed by atoms with E-state index >= 15 is 0 Å². The lowest BCUT2D eigenvalue weighted by Crippen LogP contribution is -2.34. The zero-order valence-electron chi connectivity index (χ0n) is 8.53. The van der Waals surface area contributed by atoms with Crippen LogP contribution in [0.2, 0.25) is 0 Å². The Morgan fingerprint density at radius 3 is 3.00 bits per heavy atom. The lowest BCUT2D eigenvalue weighted by atomic mass is 10.2. The molecule has 0 aliphatic carbocycles. The van der Waals surface area contributed by atoms with Crippen LogP contribution >= 0.6 is 0 Å². The van der Waals surface area contributed by atoms with Crippen LogP contribution in [0.1, 0.15) is 23.8 Å². The van der Waals surface area contributed by atoms with Crippen LogP contribution in [0, 0.1) is 0 Å². The van der Waals surface area contributed by atoms with Gasteiger partial charge in [0.15, 0.2) is 0 Å². The molecule has 0 saturated heterocycles. The van der Waals surface area contributed by atoms with Gasteiger partial charge < -0.3 is 11.1 Å². The van der Waals surface area contributed by atoms with E-state index in [9.17, 15) is 4.79 Å². The summed E-state index contributed by atoms with van der Waals surface area (Å²) in [6.45, 7) is 2.50. The van der Waals surface area contributed by atoms with Crippen LogP contribution in [-0.2, 0) is 7.05 Å². The van der Waals surface area contributed by atoms with Crippen molar-refractivity contribution in [3.63, 3.8) is 0 Å². The van der Waals surface area contributed by atoms with E-state index in [0.717, 1.165) is 6.42 Å². The molecule has 0 radical (unpaired) electrons. The average molecular weight is 196 g/mol. The average Bonchev–Trinajstić information content (AvgIpc) is 2.52. The van der Waals surface area contributed by atoms with Gasteiger partial charge in [0.2, 0.25) is 0 Å². The molecule has 0 aliphatic rings. The highest BCUT2D eigenvalue weighted by Crippen LogP contribution is 1.96. The van der Waals surface area contributed by atoms with E-state index in [2.05, 4.69) is 10.4 Å². The number of nitrogens with two attached hydrogens (primary N) is 1. The van der Waals surface area contributed by atoms with E-state index in [1.807, 2.05) is 6.92 Å². The number of carbonyl (C=O) groups is 1. The van der Waals surface area contributed by atoms with Crippen LogP contribution in [0.25, 0.3) is 0 Å². The number of aryl methyl sites for hydroxylation is 1. The first-order valence-electron chi connectivity index (χ1n) is 4.64. The molecule has 1 rings (SSSR count). The Balaban J connectivity index is 2.50. The van der Waals surface area contributed by atoms with Crippen LogP contribution in [0.3, 0.4) is 0 Å². The summed E-state index contributed by atoms with van der Waals surface area (Å²) in [6.07, 6.45) is 2.51. The van der Waals surface area contributed by atoms with E-state index in [1.165, 1.54) is 0 Å². The maximum atomic E-state index is 11.5. The Labute approximate surface area is 83.3 Å². The van der Waals surface area contributed by atoms with E-state index in [4.69, 9.17) is 5.73 Å². The first-order valence-corrected chi connectivity index (χ1v) is 4.64. The summed E-state index contributed by atoms with van der Waals surface area (Å²) in [5, 5.41) is 6.81. The molecule has 1 amide bonds. The van der Waals surface area contributed by atoms with Gasteiger partial charge in [0.05, 0.1) is 0 Å². The summed E-state index contributed by atoms with van der Waals surface area (Å²) in [5.74, 6) is -0.147. The van der Waals surface area contributed by atoms with Gasteiger partial charge in [0, 0.05) is 19.3 Å². The van der Waals surface area contributed by atoms with Gasteiger partial charge in [-0.25, -0.2) is 0 Å². The molecule has 1 unspecified atom stereocenters. The summed E-state index contributed by atoms with van der Waals surface area (Å²) in [4.78, 5) is 11.5. The molecular formula is C9H16N4O. The van der Waals surface area contributed by atoms with E-state index in [1.54, 1.807) is 24.0 Å². The number of nitrogens with one attached hydrogen (secondary N) is 1. The molecule has 1 heterocycles. The molecule has 0 spiro atoms. The highest BCUT2D eigenvalue weighted by atomic mass is 16.2. The van der Waals surface area contributed by atoms with E-state index < -0.39 is 0 Å². The minimum Gasteiger partial charge on any atom is -0.348 e. The number of amides is 1. The van der Waals surface area contributed by atoms with Crippen molar-refractivity contribution in [1.82, 2.24) is 15.1 Å². The monoisotopic (exact) mass is 196 g/mol. The van der Waals surface area contributed by atoms with Crippen molar-refractivity contribution >= 4 is 5.91 Å². The Morgan fingerprint density at radius 2 is 2.50 bits per heavy atom. The van der Waals surface area contributed by atoms with Crippen LogP contribution < -0.4 is 11.1 Å². The van der Waals surface area contributed by atoms with Gasteiger partial charge in [0.25, 0.3) is 5.91 Å². The van der Waals surface area contributed by atoms with Crippen LogP contribution in [0.4, 0.5) is 0 Å². The molecule has 0 aromatic carbocycles. The second-order valence-electron chi connectivity index (χ2n) is 3.33. The van der Waals surface area contributed by atoms with Gasteiger partial charge in [-0.1, -0.05) is 0 Å². The fourth-order valence-corrected chi connectivity index (χ4v) is 1.16. The van der Waals surface area contributed by atoms with Gasteiger partial charge in [-0.2, -0.15) is 5.10 Å². The van der Waals surface area contributed by atoms with Crippen molar-refractivity contribution in [2.24, 2.45) is 12.8 Å². The molecule has 1 aromatic rings. The predicted octanol–water partition coefficient (Wildman–Crippen LogP) is -0.113. The fraction of sp³-hybridized carbons (Fsp3) is 0.556. The molecule has 78 valence electrons. The first kappa shape index (κ1) is 10.7. The van der Waals surface area contributed by atoms with Crippen molar-refractivity contribution in [3.05, 3.63) is 18.0 Å². The van der Waals surface area contributed by atoms with Crippen molar-refractivity contribution in [2.75, 3.05) is 6.54 Å². The lowest BCUT2D eigenvalue weighted by molar-refractivity contribution is 0.0933. The third-order valence-electron chi connectivity index (χ3n) is 1.92. The Hall–Kier alpha value is -1.36. The van der Waals surface area contributed by atoms with Crippen molar-refractivity contribution < 1.29 is 4.79 Å². The molecule has 1 aromatic heterocycles. The summed E-state index contributed by atoms with van der Waals surface area (Å²) in [7, 11) is 1.78. The predicted molar refractivity (Wildman–Crippen MR) is 53.8 cm³/mol. The number of aromatic nitrogens is 2. The van der Waals surface area contributed by atoms with Crippen LogP contribution in [0.5, 0.6) is 0 Å². The first-order chi connectivity index (χ1) is 6.63. The maximum absolute atomic E-state index is 11.5. The molecule has 3 N–H and O–H groups in total. The molecule has 14 heavy (non-hydrogen) atoms. The normalized spacial score (nSPS) is 12.5. The summed E-state index contributed by atoms with van der Waals surface area (Å²) >= 11 is 0. The smallest absolute Gasteiger partial charge is 0.271 e. The van der Waals surface area contributed by atoms with Crippen LogP contribution in [-0.4, -0.2) is 28.3 Å². The third-order valence-corrected chi connectivity index (χ3v) is 1.92. The number of carbonyl (C=O) groups excluding carboxylic acids is 1. The number of hydrogen-bond donors (Lipinski definition) is 2. The molecule has 1 atom stereocenters. The van der Waals surface area contributed by atoms with E-state index in [0.29, 0.717) is 12.2 Å². The van der Waals surface area contributed by atoms with Crippen LogP contribution in [0.15, 0.2) is 12.3 Å². The number of rotatable bonds is 4. The van der Waals surface area contributed by atoms with E-state index in [-0.39, 0.29) is 11.9 Å². The second kappa shape index (κ2) is 4.76.